The molecule has 3 aromatic carbocycles. The predicted molar refractivity (Wildman–Crippen MR) is 120 cm³/mol. The van der Waals surface area contributed by atoms with E-state index in [-0.39, 0.29) is 12.0 Å². The third-order valence-electron chi connectivity index (χ3n) is 4.13. The van der Waals surface area contributed by atoms with Crippen molar-refractivity contribution in [3.63, 3.8) is 0 Å². The van der Waals surface area contributed by atoms with Gasteiger partial charge in [-0.1, -0.05) is 51.9 Å². The van der Waals surface area contributed by atoms with E-state index < -0.39 is 5.97 Å². The van der Waals surface area contributed by atoms with Crippen molar-refractivity contribution in [3.8, 4) is 0 Å². The summed E-state index contributed by atoms with van der Waals surface area (Å²) in [5, 5.41) is 1.07. The van der Waals surface area contributed by atoms with Crippen LogP contribution in [0.2, 0.25) is 0 Å². The monoisotopic (exact) mass is 424 g/mol. The minimum absolute atomic E-state index is 0.125. The van der Waals surface area contributed by atoms with E-state index in [1.165, 1.54) is 11.3 Å². The van der Waals surface area contributed by atoms with Gasteiger partial charge in [-0.25, -0.2) is 4.79 Å². The SMILES string of the molecule is CCOC(=O)c1cc(SSc2ccccc2)cc2sc3ccccc3c(=O)c12. The highest BCUT2D eigenvalue weighted by Gasteiger charge is 2.18. The molecule has 0 spiro atoms. The van der Waals surface area contributed by atoms with Gasteiger partial charge < -0.3 is 4.74 Å². The Labute approximate surface area is 174 Å². The number of fused-ring (bicyclic) bond motifs is 2. The molecule has 0 N–H and O–H groups in total. The molecule has 3 nitrogen and oxygen atoms in total. The third kappa shape index (κ3) is 3.81. The highest BCUT2D eigenvalue weighted by molar-refractivity contribution is 8.76. The Bertz CT molecular complexity index is 1220. The number of benzene rings is 3. The van der Waals surface area contributed by atoms with Gasteiger partial charge in [0.05, 0.1) is 17.6 Å². The first-order valence-corrected chi connectivity index (χ1v) is 11.7. The molecule has 1 heterocycles. The van der Waals surface area contributed by atoms with Crippen LogP contribution < -0.4 is 5.43 Å². The van der Waals surface area contributed by atoms with Crippen LogP contribution in [-0.2, 0) is 4.74 Å². The average Bonchev–Trinajstić information content (AvgIpc) is 2.72. The van der Waals surface area contributed by atoms with Crippen molar-refractivity contribution >= 4 is 59.1 Å². The Morgan fingerprint density at radius 3 is 2.43 bits per heavy atom. The van der Waals surface area contributed by atoms with Crippen LogP contribution in [0.4, 0.5) is 0 Å². The summed E-state index contributed by atoms with van der Waals surface area (Å²) in [6.45, 7) is 2.03. The van der Waals surface area contributed by atoms with Crippen molar-refractivity contribution in [2.45, 2.75) is 16.7 Å². The summed E-state index contributed by atoms with van der Waals surface area (Å²) in [5.41, 5.74) is 0.210. The second-order valence-electron chi connectivity index (χ2n) is 5.97. The number of esters is 1. The lowest BCUT2D eigenvalue weighted by Gasteiger charge is -2.10. The van der Waals surface area contributed by atoms with E-state index in [1.807, 2.05) is 54.6 Å². The van der Waals surface area contributed by atoms with Gasteiger partial charge in [0.2, 0.25) is 0 Å². The average molecular weight is 425 g/mol. The van der Waals surface area contributed by atoms with Gasteiger partial charge >= 0.3 is 5.97 Å². The van der Waals surface area contributed by atoms with Crippen molar-refractivity contribution in [2.75, 3.05) is 6.61 Å². The molecule has 1 aromatic heterocycles. The molecule has 0 aliphatic rings. The summed E-state index contributed by atoms with van der Waals surface area (Å²) in [6, 6.07) is 21.3. The largest absolute Gasteiger partial charge is 0.462 e. The molecule has 0 fully saturated rings. The van der Waals surface area contributed by atoms with E-state index in [1.54, 1.807) is 40.6 Å². The molecule has 0 atom stereocenters. The maximum Gasteiger partial charge on any atom is 0.338 e. The van der Waals surface area contributed by atoms with E-state index in [0.29, 0.717) is 16.3 Å². The summed E-state index contributed by atoms with van der Waals surface area (Å²) >= 11 is 1.52. The second-order valence-corrected chi connectivity index (χ2v) is 9.33. The molecule has 6 heteroatoms. The first-order valence-electron chi connectivity index (χ1n) is 8.73. The lowest BCUT2D eigenvalue weighted by Crippen LogP contribution is -2.11. The summed E-state index contributed by atoms with van der Waals surface area (Å²) in [6.07, 6.45) is 0. The molecule has 0 bridgehead atoms. The minimum atomic E-state index is -0.459. The Morgan fingerprint density at radius 1 is 0.929 bits per heavy atom. The van der Waals surface area contributed by atoms with E-state index >= 15 is 0 Å². The van der Waals surface area contributed by atoms with Crippen molar-refractivity contribution in [1.29, 1.82) is 0 Å². The Hall–Kier alpha value is -2.28. The summed E-state index contributed by atoms with van der Waals surface area (Å²) in [4.78, 5) is 27.7. The minimum Gasteiger partial charge on any atom is -0.462 e. The zero-order chi connectivity index (χ0) is 19.5. The van der Waals surface area contributed by atoms with Crippen LogP contribution in [0, 0.1) is 0 Å². The van der Waals surface area contributed by atoms with Crippen LogP contribution >= 0.6 is 32.9 Å². The van der Waals surface area contributed by atoms with Gasteiger partial charge in [0.25, 0.3) is 0 Å². The number of ether oxygens (including phenoxy) is 1. The van der Waals surface area contributed by atoms with Gasteiger partial charge in [-0.15, -0.1) is 11.3 Å². The molecule has 140 valence electrons. The van der Waals surface area contributed by atoms with Crippen LogP contribution in [0.15, 0.2) is 81.3 Å². The quantitative estimate of drug-likeness (QED) is 0.211. The fourth-order valence-corrected chi connectivity index (χ4v) is 6.10. The van der Waals surface area contributed by atoms with Crippen LogP contribution in [0.25, 0.3) is 20.2 Å². The molecule has 0 aliphatic heterocycles. The van der Waals surface area contributed by atoms with Crippen LogP contribution in [-0.4, -0.2) is 12.6 Å². The number of carbonyl (C=O) groups excluding carboxylic acids is 1. The highest BCUT2D eigenvalue weighted by Crippen LogP contribution is 2.40. The molecule has 4 aromatic rings. The lowest BCUT2D eigenvalue weighted by molar-refractivity contribution is 0.0528. The normalized spacial score (nSPS) is 11.0. The molecule has 0 saturated carbocycles. The molecular formula is C22H16O3S3. The molecule has 4 rings (SSSR count). The molecule has 0 unspecified atom stereocenters. The highest BCUT2D eigenvalue weighted by atomic mass is 33.1. The van der Waals surface area contributed by atoms with Gasteiger partial charge in [-0.2, -0.15) is 0 Å². The van der Waals surface area contributed by atoms with E-state index in [2.05, 4.69) is 0 Å². The Morgan fingerprint density at radius 2 is 1.64 bits per heavy atom. The standard InChI is InChI=1S/C22H16O3S3/c1-2-25-22(24)17-12-15(28-27-14-8-4-3-5-9-14)13-19-20(17)21(23)16-10-6-7-11-18(16)26-19/h3-13H,2H2,1H3. The van der Waals surface area contributed by atoms with Gasteiger partial charge in [0.1, 0.15) is 0 Å². The Balaban J connectivity index is 1.86. The van der Waals surface area contributed by atoms with Gasteiger partial charge in [0.15, 0.2) is 5.43 Å². The van der Waals surface area contributed by atoms with Crippen molar-refractivity contribution < 1.29 is 9.53 Å². The van der Waals surface area contributed by atoms with Gasteiger partial charge in [0, 0.05) is 24.6 Å². The fraction of sp³-hybridized carbons (Fsp3) is 0.0909. The smallest absolute Gasteiger partial charge is 0.338 e. The van der Waals surface area contributed by atoms with Crippen molar-refractivity contribution in [3.05, 3.63) is 82.5 Å². The van der Waals surface area contributed by atoms with Crippen LogP contribution in [0.5, 0.6) is 0 Å². The van der Waals surface area contributed by atoms with Gasteiger partial charge in [-0.05, 0) is 43.3 Å². The number of hydrogen-bond donors (Lipinski definition) is 0. The molecule has 0 amide bonds. The number of carbonyl (C=O) groups is 1. The molecule has 0 radical (unpaired) electrons. The lowest BCUT2D eigenvalue weighted by atomic mass is 10.1. The zero-order valence-electron chi connectivity index (χ0n) is 15.0. The molecule has 0 saturated heterocycles. The van der Waals surface area contributed by atoms with E-state index in [9.17, 15) is 9.59 Å². The molecular weight excluding hydrogens is 408 g/mol. The Kier molecular flexibility index (Phi) is 5.71. The molecule has 0 aliphatic carbocycles. The maximum atomic E-state index is 13.1. The van der Waals surface area contributed by atoms with Crippen LogP contribution in [0.3, 0.4) is 0 Å². The fourth-order valence-electron chi connectivity index (χ4n) is 2.89. The zero-order valence-corrected chi connectivity index (χ0v) is 17.5. The maximum absolute atomic E-state index is 13.1. The number of hydrogen-bond acceptors (Lipinski definition) is 6. The topological polar surface area (TPSA) is 43.4 Å². The summed E-state index contributed by atoms with van der Waals surface area (Å²) in [7, 11) is 3.18. The van der Waals surface area contributed by atoms with Gasteiger partial charge in [-0.3, -0.25) is 4.79 Å². The van der Waals surface area contributed by atoms with Crippen molar-refractivity contribution in [1.82, 2.24) is 0 Å². The van der Waals surface area contributed by atoms with E-state index in [0.717, 1.165) is 19.2 Å². The third-order valence-corrected chi connectivity index (χ3v) is 7.63. The second kappa shape index (κ2) is 8.39. The van der Waals surface area contributed by atoms with Crippen LogP contribution in [0.1, 0.15) is 17.3 Å². The summed E-state index contributed by atoms with van der Waals surface area (Å²) < 4.78 is 6.94. The first-order chi connectivity index (χ1) is 13.7. The number of rotatable bonds is 5. The summed E-state index contributed by atoms with van der Waals surface area (Å²) in [5.74, 6) is -0.459. The van der Waals surface area contributed by atoms with Crippen molar-refractivity contribution in [2.24, 2.45) is 0 Å². The molecule has 28 heavy (non-hydrogen) atoms. The van der Waals surface area contributed by atoms with E-state index in [4.69, 9.17) is 4.74 Å². The first kappa shape index (κ1) is 19.1. The predicted octanol–water partition coefficient (Wildman–Crippen LogP) is 6.39.